The molecule has 0 saturated carbocycles. The topological polar surface area (TPSA) is 11.3 Å². The van der Waals surface area contributed by atoms with Crippen LogP contribution in [0.4, 0.5) is 0 Å². The third-order valence-electron chi connectivity index (χ3n) is 2.42. The molecule has 0 N–H and O–H groups in total. The number of aryl methyl sites for hydroxylation is 1. The SMILES string of the molecule is Cc1cc(C(C)(C)C)[o+]c(C(C)(C)C)c1. The van der Waals surface area contributed by atoms with E-state index in [2.05, 4.69) is 60.6 Å². The smallest absolute Gasteiger partial charge is 0.217 e. The second-order valence-electron chi connectivity index (χ2n) is 6.36. The highest BCUT2D eigenvalue weighted by atomic mass is 16.3. The Bertz CT molecular complexity index is 318. The van der Waals surface area contributed by atoms with Crippen LogP contribution in [0.15, 0.2) is 16.5 Å². The van der Waals surface area contributed by atoms with Crippen molar-refractivity contribution in [2.45, 2.75) is 59.3 Å². The Morgan fingerprint density at radius 2 is 1.13 bits per heavy atom. The van der Waals surface area contributed by atoms with Crippen molar-refractivity contribution in [2.24, 2.45) is 0 Å². The van der Waals surface area contributed by atoms with Crippen LogP contribution in [0.2, 0.25) is 0 Å². The average Bonchev–Trinajstić information content (AvgIpc) is 1.99. The minimum atomic E-state index is 0.0754. The summed E-state index contributed by atoms with van der Waals surface area (Å²) < 4.78 is 5.99. The second-order valence-corrected chi connectivity index (χ2v) is 6.36. The van der Waals surface area contributed by atoms with Crippen molar-refractivity contribution in [1.29, 1.82) is 0 Å². The number of hydrogen-bond acceptors (Lipinski definition) is 0. The van der Waals surface area contributed by atoms with Crippen LogP contribution < -0.4 is 0 Å². The number of hydrogen-bond donors (Lipinski definition) is 0. The molecule has 84 valence electrons. The highest BCUT2D eigenvalue weighted by molar-refractivity contribution is 5.23. The predicted octanol–water partition coefficient (Wildman–Crippen LogP) is 4.46. The highest BCUT2D eigenvalue weighted by Gasteiger charge is 2.32. The van der Waals surface area contributed by atoms with E-state index in [0.29, 0.717) is 0 Å². The summed E-state index contributed by atoms with van der Waals surface area (Å²) in [5.74, 6) is 2.12. The fourth-order valence-corrected chi connectivity index (χ4v) is 1.37. The summed E-state index contributed by atoms with van der Waals surface area (Å²) in [6, 6.07) is 4.27. The molecule has 0 radical (unpaired) electrons. The Morgan fingerprint density at radius 3 is 1.40 bits per heavy atom. The molecule has 0 saturated heterocycles. The first-order chi connectivity index (χ1) is 6.60. The van der Waals surface area contributed by atoms with Crippen LogP contribution in [0, 0.1) is 6.92 Å². The molecule has 0 bridgehead atoms. The maximum atomic E-state index is 5.99. The van der Waals surface area contributed by atoms with Gasteiger partial charge in [-0.25, -0.2) is 4.42 Å². The quantitative estimate of drug-likeness (QED) is 0.571. The fraction of sp³-hybridized carbons (Fsp3) is 0.643. The molecule has 0 atom stereocenters. The molecule has 1 heterocycles. The molecule has 0 aromatic carbocycles. The Labute approximate surface area is 93.5 Å². The van der Waals surface area contributed by atoms with Gasteiger partial charge in [0, 0.05) is 12.1 Å². The molecule has 0 spiro atoms. The van der Waals surface area contributed by atoms with Crippen LogP contribution in [0.25, 0.3) is 0 Å². The second kappa shape index (κ2) is 3.62. The largest absolute Gasteiger partial charge is 0.334 e. The molecule has 1 aromatic rings. The lowest BCUT2D eigenvalue weighted by Crippen LogP contribution is -2.16. The summed E-state index contributed by atoms with van der Waals surface area (Å²) >= 11 is 0. The van der Waals surface area contributed by atoms with Gasteiger partial charge in [-0.15, -0.1) is 0 Å². The van der Waals surface area contributed by atoms with E-state index in [0.717, 1.165) is 11.5 Å². The lowest BCUT2D eigenvalue weighted by Gasteiger charge is -2.13. The summed E-state index contributed by atoms with van der Waals surface area (Å²) in [6.07, 6.45) is 0. The zero-order valence-electron chi connectivity index (χ0n) is 11.1. The monoisotopic (exact) mass is 207 g/mol. The first-order valence-electron chi connectivity index (χ1n) is 5.56. The van der Waals surface area contributed by atoms with E-state index in [1.807, 2.05) is 0 Å². The van der Waals surface area contributed by atoms with E-state index in [1.165, 1.54) is 5.56 Å². The summed E-state index contributed by atoms with van der Waals surface area (Å²) in [6.45, 7) is 15.2. The summed E-state index contributed by atoms with van der Waals surface area (Å²) in [5.41, 5.74) is 1.43. The first-order valence-corrected chi connectivity index (χ1v) is 5.56. The van der Waals surface area contributed by atoms with Crippen LogP contribution in [-0.2, 0) is 10.8 Å². The maximum absolute atomic E-state index is 5.99. The van der Waals surface area contributed by atoms with Crippen LogP contribution in [0.1, 0.15) is 58.6 Å². The van der Waals surface area contributed by atoms with Crippen molar-refractivity contribution in [3.05, 3.63) is 29.2 Å². The van der Waals surface area contributed by atoms with Crippen molar-refractivity contribution < 1.29 is 4.42 Å². The highest BCUT2D eigenvalue weighted by Crippen LogP contribution is 2.29. The molecule has 0 aliphatic rings. The molecule has 1 aromatic heterocycles. The van der Waals surface area contributed by atoms with Crippen molar-refractivity contribution >= 4 is 0 Å². The van der Waals surface area contributed by atoms with Gasteiger partial charge in [0.05, 0.1) is 10.8 Å². The van der Waals surface area contributed by atoms with Crippen LogP contribution in [-0.4, -0.2) is 0 Å². The lowest BCUT2D eigenvalue weighted by atomic mass is 9.89. The molecule has 0 aliphatic carbocycles. The summed E-state index contributed by atoms with van der Waals surface area (Å²) in [7, 11) is 0. The van der Waals surface area contributed by atoms with E-state index in [4.69, 9.17) is 4.42 Å². The van der Waals surface area contributed by atoms with Crippen molar-refractivity contribution in [1.82, 2.24) is 0 Å². The average molecular weight is 207 g/mol. The van der Waals surface area contributed by atoms with E-state index >= 15 is 0 Å². The van der Waals surface area contributed by atoms with Gasteiger partial charge in [0.1, 0.15) is 0 Å². The Morgan fingerprint density at radius 1 is 0.800 bits per heavy atom. The van der Waals surface area contributed by atoms with E-state index in [1.54, 1.807) is 0 Å². The van der Waals surface area contributed by atoms with Gasteiger partial charge in [-0.05, 0) is 54.0 Å². The lowest BCUT2D eigenvalue weighted by molar-refractivity contribution is 0.328. The van der Waals surface area contributed by atoms with Gasteiger partial charge in [-0.2, -0.15) is 0 Å². The van der Waals surface area contributed by atoms with Gasteiger partial charge in [0.15, 0.2) is 0 Å². The first kappa shape index (κ1) is 12.2. The van der Waals surface area contributed by atoms with Gasteiger partial charge in [-0.3, -0.25) is 0 Å². The van der Waals surface area contributed by atoms with Crippen LogP contribution in [0.5, 0.6) is 0 Å². The third-order valence-corrected chi connectivity index (χ3v) is 2.42. The third kappa shape index (κ3) is 3.05. The summed E-state index contributed by atoms with van der Waals surface area (Å²) in [4.78, 5) is 0. The normalized spacial score (nSPS) is 13.0. The van der Waals surface area contributed by atoms with E-state index in [9.17, 15) is 0 Å². The fourth-order valence-electron chi connectivity index (χ4n) is 1.37. The van der Waals surface area contributed by atoms with E-state index < -0.39 is 0 Å². The predicted molar refractivity (Wildman–Crippen MR) is 65.3 cm³/mol. The standard InChI is InChI=1S/C14H23O/c1-10-8-11(13(2,3)4)15-12(9-10)14(5,6)7/h8-9H,1-7H3/q+1. The van der Waals surface area contributed by atoms with Gasteiger partial charge in [0.25, 0.3) is 0 Å². The van der Waals surface area contributed by atoms with Gasteiger partial charge in [0.2, 0.25) is 0 Å². The minimum absolute atomic E-state index is 0.0754. The van der Waals surface area contributed by atoms with Gasteiger partial charge < -0.3 is 0 Å². The molecule has 0 unspecified atom stereocenters. The molecule has 0 amide bonds. The van der Waals surface area contributed by atoms with Gasteiger partial charge >= 0.3 is 11.5 Å². The van der Waals surface area contributed by atoms with Crippen LogP contribution >= 0.6 is 0 Å². The van der Waals surface area contributed by atoms with Gasteiger partial charge in [-0.1, -0.05) is 0 Å². The van der Waals surface area contributed by atoms with Crippen molar-refractivity contribution in [2.75, 3.05) is 0 Å². The molecule has 1 heteroatoms. The van der Waals surface area contributed by atoms with Crippen molar-refractivity contribution in [3.63, 3.8) is 0 Å². The Kier molecular flexibility index (Phi) is 2.95. The molecule has 15 heavy (non-hydrogen) atoms. The minimum Gasteiger partial charge on any atom is -0.217 e. The molecule has 0 fully saturated rings. The maximum Gasteiger partial charge on any atom is 0.334 e. The Balaban J connectivity index is 3.30. The zero-order chi connectivity index (χ0) is 11.9. The number of rotatable bonds is 0. The van der Waals surface area contributed by atoms with Crippen LogP contribution in [0.3, 0.4) is 0 Å². The van der Waals surface area contributed by atoms with E-state index in [-0.39, 0.29) is 10.8 Å². The molecular formula is C14H23O+. The van der Waals surface area contributed by atoms with Crippen molar-refractivity contribution in [3.8, 4) is 0 Å². The molecule has 1 nitrogen and oxygen atoms in total. The molecular weight excluding hydrogens is 184 g/mol. The zero-order valence-corrected chi connectivity index (χ0v) is 11.1. The molecule has 1 rings (SSSR count). The Hall–Kier alpha value is -0.850. The molecule has 0 aliphatic heterocycles. The summed E-state index contributed by atoms with van der Waals surface area (Å²) in [5, 5.41) is 0.